The second-order valence-corrected chi connectivity index (χ2v) is 35.9. The van der Waals surface area contributed by atoms with Gasteiger partial charge in [-0.15, -0.1) is 23.1 Å². The van der Waals surface area contributed by atoms with Crippen molar-refractivity contribution >= 4 is 156 Å². The number of imidazole rings is 1. The summed E-state index contributed by atoms with van der Waals surface area (Å²) in [5.74, 6) is -19.4. The first kappa shape index (κ1) is 106. The molecule has 3 saturated heterocycles. The van der Waals surface area contributed by atoms with Gasteiger partial charge < -0.3 is 125 Å². The number of thioether (sulfide) groups is 1. The third-order valence-corrected chi connectivity index (χ3v) is 26.2. The van der Waals surface area contributed by atoms with Crippen LogP contribution in [0.4, 0.5) is 0 Å². The zero-order chi connectivity index (χ0) is 99.1. The van der Waals surface area contributed by atoms with Gasteiger partial charge in [0.2, 0.25) is 100 Å². The second-order valence-electron chi connectivity index (χ2n) is 34.0. The van der Waals surface area contributed by atoms with Crippen LogP contribution in [0, 0.1) is 5.41 Å². The summed E-state index contributed by atoms with van der Waals surface area (Å²) < 4.78 is 0.805. The van der Waals surface area contributed by atoms with E-state index in [2.05, 4.69) is 73.4 Å². The lowest BCUT2D eigenvalue weighted by molar-refractivity contribution is -0.149. The highest BCUT2D eigenvalue weighted by Crippen LogP contribution is 2.30. The van der Waals surface area contributed by atoms with Crippen molar-refractivity contribution in [1.29, 1.82) is 5.41 Å². The first-order valence-corrected chi connectivity index (χ1v) is 47.1. The number of fused-ring (bicyclic) bond motifs is 4. The number of nitrogens with zero attached hydrogens (tertiary/aromatic N) is 6. The number of aliphatic hydroxyl groups is 1. The predicted octanol–water partition coefficient (Wildman–Crippen LogP) is -2.35. The molecule has 6 aromatic rings. The van der Waals surface area contributed by atoms with Crippen molar-refractivity contribution in [1.82, 2.24) is 97.9 Å². The Morgan fingerprint density at radius 2 is 1.09 bits per heavy atom. The highest BCUT2D eigenvalue weighted by atomic mass is 32.2. The number of guanidine groups is 1. The van der Waals surface area contributed by atoms with Crippen LogP contribution < -0.4 is 75.7 Å². The number of phenolic OH excluding ortho intramolecular Hbond substituents is 1. The predicted molar refractivity (Wildman–Crippen MR) is 499 cm³/mol. The third kappa shape index (κ3) is 29.6. The van der Waals surface area contributed by atoms with Crippen molar-refractivity contribution in [2.75, 3.05) is 65.4 Å². The van der Waals surface area contributed by atoms with Gasteiger partial charge in [-0.25, -0.2) is 4.98 Å². The molecule has 6 heterocycles. The number of benzene rings is 3. The van der Waals surface area contributed by atoms with Crippen molar-refractivity contribution in [2.24, 2.45) is 17.2 Å². The van der Waals surface area contributed by atoms with E-state index in [1.165, 1.54) is 76.2 Å². The van der Waals surface area contributed by atoms with Crippen LogP contribution in [0.15, 0.2) is 96.9 Å². The monoisotopic (exact) mass is 1930 g/mol. The molecule has 3 aromatic carbocycles. The lowest BCUT2D eigenvalue weighted by atomic mass is 10.00. The number of carboxylic acid groups (broad SMARTS) is 1. The van der Waals surface area contributed by atoms with Gasteiger partial charge in [0.25, 0.3) is 0 Å². The molecule has 14 atom stereocenters. The topological polar surface area (TPSA) is 663 Å². The number of carboxylic acids is 1. The van der Waals surface area contributed by atoms with Gasteiger partial charge in [0.05, 0.1) is 31.7 Å². The molecule has 0 saturated carbocycles. The third-order valence-electron chi connectivity index (χ3n) is 24.1. The minimum absolute atomic E-state index is 0.0111. The molecule has 736 valence electrons. The highest BCUT2D eigenvalue weighted by Gasteiger charge is 2.46. The number of aliphatic hydroxyl groups excluding tert-OH is 1. The molecule has 0 aliphatic carbocycles. The Balaban J connectivity index is 1.10. The molecule has 23 N–H and O–H groups in total. The number of aromatic nitrogens is 3. The van der Waals surface area contributed by atoms with Crippen LogP contribution in [-0.2, 0) is 112 Å². The quantitative estimate of drug-likeness (QED) is 0.0146. The number of H-pyrrole nitrogens is 2. The molecular weight excluding hydrogens is 1800 g/mol. The number of aliphatic carboxylic acids is 1. The molecule has 0 radical (unpaired) electrons. The van der Waals surface area contributed by atoms with Crippen molar-refractivity contribution < 1.29 is 102 Å². The van der Waals surface area contributed by atoms with E-state index in [1.54, 1.807) is 48.0 Å². The number of thiophene rings is 1. The Labute approximate surface area is 792 Å². The second kappa shape index (κ2) is 51.1. The molecule has 17 amide bonds. The van der Waals surface area contributed by atoms with E-state index in [0.717, 1.165) is 41.0 Å². The molecule has 44 nitrogen and oxygen atoms in total. The summed E-state index contributed by atoms with van der Waals surface area (Å²) in [5, 5.41) is 71.3. The number of amides is 17. The number of hydrogen-bond acceptors (Lipinski definition) is 24. The zero-order valence-electron chi connectivity index (χ0n) is 76.6. The summed E-state index contributed by atoms with van der Waals surface area (Å²) in [5.41, 5.74) is 19.1. The van der Waals surface area contributed by atoms with Gasteiger partial charge in [-0.3, -0.25) is 91.7 Å². The number of aromatic amines is 2. The summed E-state index contributed by atoms with van der Waals surface area (Å²) in [7, 11) is 3.89. The molecule has 9 rings (SSSR count). The number of nitrogens with two attached hydrogens (primary N) is 3. The molecule has 46 heteroatoms. The van der Waals surface area contributed by atoms with Crippen molar-refractivity contribution in [3.8, 4) is 5.75 Å². The molecule has 3 aliphatic rings. The Morgan fingerprint density at radius 3 is 1.71 bits per heavy atom. The van der Waals surface area contributed by atoms with E-state index >= 15 is 38.4 Å². The molecule has 3 aliphatic heterocycles. The Bertz CT molecular complexity index is 5290. The fourth-order valence-corrected chi connectivity index (χ4v) is 18.3. The standard InChI is InChI=1S/C90H123N23O21S2/c1-7-9-22-67-82(127)101-58(21-15-33-96-90(93)94)78(123)108-66(77(122)98-43-73(92)117)46-135-47-74(118)100-62(36-50-27-29-54(115)30-28-50)85(130)109(4)49(3)76(121)105-64(40-72(91)116)88(133)113-35-17-25-69(113)84(129)104-61(39-53-42-95-48-99-53)80(125)102-59(31-32-75(119)120)87(132)112-34-16-24-68(112)83(128)103-60(37-51-41-97-57-20-13-11-18-55(51)57)79(124)107-65(44-114)81(126)106-63(38-52-45-136-71-26-14-12-19-56(52)71)86(131)111(6)70(23-10-8-2)89(134)110(67)5/h11-14,18-20,26-30,41-42,45,48-49,58-70,97,114-115H,7-10,15-17,21-25,31-40,43-44,46-47H2,1-6H3,(H2,91,116)(H2,92,117)(H,95,99)(H,98,122)(H,100,118)(H,101,127)(H,102,125)(H,103,128)(H,104,129)(H,105,121)(H,106,126)(H,107,124)(H,108,123)(H,119,120)(H4,93,94,96)/t49-,58-,59-,60-,61-,62-,63-,64-,65-,66-,67-,68-,69-,70-/m0/s1. The lowest BCUT2D eigenvalue weighted by Gasteiger charge is -2.36. The number of unbranched alkanes of at least 4 members (excludes halogenated alkanes) is 2. The molecule has 0 bridgehead atoms. The maximum Gasteiger partial charge on any atom is 0.303 e. The molecule has 3 fully saturated rings. The van der Waals surface area contributed by atoms with Gasteiger partial charge in [0.1, 0.15) is 90.3 Å². The van der Waals surface area contributed by atoms with E-state index in [0.29, 0.717) is 58.7 Å². The van der Waals surface area contributed by atoms with E-state index < -0.39 is 241 Å². The van der Waals surface area contributed by atoms with E-state index in [4.69, 9.17) is 22.6 Å². The highest BCUT2D eigenvalue weighted by molar-refractivity contribution is 8.00. The Hall–Kier alpha value is -13.8. The van der Waals surface area contributed by atoms with Crippen LogP contribution in [0.5, 0.6) is 5.75 Å². The fraction of sp³-hybridized carbons (Fsp3) is 0.511. The first-order valence-electron chi connectivity index (χ1n) is 45.1. The number of carbonyl (C=O) groups excluding carboxylic acids is 17. The largest absolute Gasteiger partial charge is 0.508 e. The Kier molecular flexibility index (Phi) is 39.8. The van der Waals surface area contributed by atoms with Crippen molar-refractivity contribution in [3.05, 3.63) is 119 Å². The molecule has 0 unspecified atom stereocenters. The number of phenols is 1. The number of hydrogen-bond donors (Lipinski definition) is 20. The summed E-state index contributed by atoms with van der Waals surface area (Å²) in [6.45, 7) is 2.77. The maximum absolute atomic E-state index is 15.8. The summed E-state index contributed by atoms with van der Waals surface area (Å²) >= 11 is 2.09. The van der Waals surface area contributed by atoms with Crippen LogP contribution in [0.3, 0.4) is 0 Å². The van der Waals surface area contributed by atoms with Gasteiger partial charge in [0.15, 0.2) is 5.96 Å². The minimum atomic E-state index is -1.89. The van der Waals surface area contributed by atoms with Crippen LogP contribution in [0.1, 0.15) is 139 Å². The van der Waals surface area contributed by atoms with Gasteiger partial charge in [0, 0.05) is 112 Å². The fourth-order valence-electron chi connectivity index (χ4n) is 16.5. The van der Waals surface area contributed by atoms with Gasteiger partial charge >= 0.3 is 5.97 Å². The van der Waals surface area contributed by atoms with Gasteiger partial charge in [-0.05, 0) is 116 Å². The Morgan fingerprint density at radius 1 is 0.537 bits per heavy atom. The average molecular weight is 1930 g/mol. The van der Waals surface area contributed by atoms with Crippen molar-refractivity contribution in [3.63, 3.8) is 0 Å². The maximum atomic E-state index is 15.8. The van der Waals surface area contributed by atoms with Gasteiger partial charge in [-0.1, -0.05) is 88.1 Å². The average Bonchev–Trinajstić information content (AvgIpc) is 1.67. The number of likely N-dealkylation sites (N-methyl/N-ethyl adjacent to an activating group) is 3. The van der Waals surface area contributed by atoms with E-state index in [1.807, 2.05) is 26.0 Å². The zero-order valence-corrected chi connectivity index (χ0v) is 78.3. The lowest BCUT2D eigenvalue weighted by Crippen LogP contribution is -2.62. The summed E-state index contributed by atoms with van der Waals surface area (Å²) in [6, 6.07) is -2.45. The normalized spacial score (nSPS) is 24.0. The smallest absolute Gasteiger partial charge is 0.303 e. The molecule has 136 heavy (non-hydrogen) atoms. The van der Waals surface area contributed by atoms with Crippen LogP contribution in [-0.4, -0.2) is 317 Å². The van der Waals surface area contributed by atoms with Gasteiger partial charge in [-0.2, -0.15) is 0 Å². The number of carbonyl (C=O) groups is 18. The number of rotatable bonds is 27. The number of nitrogens with one attached hydrogen (secondary N) is 14. The molecular formula is C90H123N23O21S2. The summed E-state index contributed by atoms with van der Waals surface area (Å²) in [4.78, 5) is 278. The number of primary amides is 2. The van der Waals surface area contributed by atoms with Crippen molar-refractivity contribution in [2.45, 2.75) is 227 Å². The number of aromatic hydroxyl groups is 1. The van der Waals surface area contributed by atoms with Crippen LogP contribution in [0.25, 0.3) is 21.0 Å². The molecule has 3 aromatic heterocycles. The van der Waals surface area contributed by atoms with E-state index in [-0.39, 0.29) is 108 Å². The SMILES string of the molecule is CCCC[C@H]1C(=O)N(C)[C@@H](CCCC)C(=O)N[C@@H](CCCNC(=N)N)C(=O)N[C@H](C(=O)NCC(N)=O)CSCC(=O)N[C@@H](Cc2ccc(O)cc2)C(=O)N(C)[C@@H](C)C(=O)N[C@@H](CC(N)=O)C(=O)N2CCC[C@H]2C(=O)N[C@@H](Cc2cnc[nH]2)C(=O)N[C@@H](CCC(=O)O)C(=O)N2CCC[C@H]2C(=O)N[C@@H](Cc2c[nH]c3ccccc23)C(=O)N[C@@H](CO)C(=O)N[C@@H](Cc2csc3ccccc23)C(=O)N1C. The molecule has 0 spiro atoms. The number of para-hydroxylation sites is 1. The minimum Gasteiger partial charge on any atom is -0.508 e. The summed E-state index contributed by atoms with van der Waals surface area (Å²) in [6.07, 6.45) is 2.44. The van der Waals surface area contributed by atoms with Crippen LogP contribution in [0.2, 0.25) is 0 Å². The first-order chi connectivity index (χ1) is 64.9. The van der Waals surface area contributed by atoms with E-state index in [9.17, 15) is 63.3 Å². The van der Waals surface area contributed by atoms with Crippen LogP contribution >= 0.6 is 23.1 Å².